The maximum Gasteiger partial charge on any atom is 0.161 e. The molecule has 19 heavy (non-hydrogen) atoms. The number of methoxy groups -OCH3 is 1. The molecule has 0 saturated heterocycles. The molecule has 0 fully saturated rings. The Morgan fingerprint density at radius 3 is 2.63 bits per heavy atom. The Balaban J connectivity index is 2.49. The van der Waals surface area contributed by atoms with Crippen molar-refractivity contribution in [1.29, 1.82) is 0 Å². The van der Waals surface area contributed by atoms with E-state index in [9.17, 15) is 0 Å². The minimum Gasteiger partial charge on any atom is -0.493 e. The lowest BCUT2D eigenvalue weighted by atomic mass is 10.1. The monoisotopic (exact) mass is 263 g/mol. The van der Waals surface area contributed by atoms with Crippen molar-refractivity contribution in [2.75, 3.05) is 14.2 Å². The van der Waals surface area contributed by atoms with Gasteiger partial charge in [-0.1, -0.05) is 6.92 Å². The van der Waals surface area contributed by atoms with Crippen LogP contribution >= 0.6 is 0 Å². The van der Waals surface area contributed by atoms with Crippen LogP contribution in [-0.2, 0) is 20.5 Å². The second-order valence-electron chi connectivity index (χ2n) is 4.48. The third kappa shape index (κ3) is 2.35. The van der Waals surface area contributed by atoms with Crippen molar-refractivity contribution in [3.8, 4) is 5.75 Å². The first kappa shape index (κ1) is 13.6. The van der Waals surface area contributed by atoms with Gasteiger partial charge in [0, 0.05) is 14.1 Å². The number of ether oxygens (including phenoxy) is 1. The Labute approximate surface area is 113 Å². The van der Waals surface area contributed by atoms with Gasteiger partial charge in [-0.3, -0.25) is 9.36 Å². The van der Waals surface area contributed by atoms with Gasteiger partial charge >= 0.3 is 0 Å². The molecule has 6 heteroatoms. The lowest BCUT2D eigenvalue weighted by molar-refractivity contribution is 0.401. The quantitative estimate of drug-likeness (QED) is 0.875. The first-order valence-corrected chi connectivity index (χ1v) is 6.38. The van der Waals surface area contributed by atoms with Gasteiger partial charge in [0.2, 0.25) is 0 Å². The molecule has 2 aromatic heterocycles. The Morgan fingerprint density at radius 2 is 2.11 bits per heavy atom. The SMILES string of the molecule is CCc1cc(C(NC)c2c(OC)cnn2C)n(C)n1. The third-order valence-corrected chi connectivity index (χ3v) is 3.36. The number of nitrogens with one attached hydrogen (secondary N) is 1. The average molecular weight is 263 g/mol. The van der Waals surface area contributed by atoms with Crippen molar-refractivity contribution >= 4 is 0 Å². The van der Waals surface area contributed by atoms with Gasteiger partial charge in [-0.05, 0) is 19.5 Å². The standard InChI is InChI=1S/C13H21N5O/c1-6-9-7-10(17(3)16-9)12(14-2)13-11(19-5)8-15-18(13)4/h7-8,12,14H,6H2,1-5H3. The summed E-state index contributed by atoms with van der Waals surface area (Å²) in [5, 5.41) is 12.1. The Bertz CT molecular complexity index is 557. The zero-order valence-electron chi connectivity index (χ0n) is 12.1. The van der Waals surface area contributed by atoms with E-state index >= 15 is 0 Å². The molecule has 2 aromatic rings. The van der Waals surface area contributed by atoms with E-state index in [2.05, 4.69) is 28.5 Å². The van der Waals surface area contributed by atoms with Gasteiger partial charge in [-0.15, -0.1) is 0 Å². The summed E-state index contributed by atoms with van der Waals surface area (Å²) in [7, 11) is 7.46. The fourth-order valence-corrected chi connectivity index (χ4v) is 2.32. The molecular weight excluding hydrogens is 242 g/mol. The van der Waals surface area contributed by atoms with Gasteiger partial charge in [0.15, 0.2) is 5.75 Å². The van der Waals surface area contributed by atoms with Gasteiger partial charge in [0.05, 0.1) is 30.7 Å². The molecule has 0 amide bonds. The van der Waals surface area contributed by atoms with Gasteiger partial charge in [-0.2, -0.15) is 10.2 Å². The lowest BCUT2D eigenvalue weighted by Crippen LogP contribution is -2.23. The molecule has 1 unspecified atom stereocenters. The van der Waals surface area contributed by atoms with Crippen LogP contribution in [0.4, 0.5) is 0 Å². The zero-order chi connectivity index (χ0) is 14.0. The van der Waals surface area contributed by atoms with Crippen molar-refractivity contribution in [2.24, 2.45) is 14.1 Å². The summed E-state index contributed by atoms with van der Waals surface area (Å²) in [5.41, 5.74) is 3.18. The summed E-state index contributed by atoms with van der Waals surface area (Å²) >= 11 is 0. The molecule has 0 saturated carbocycles. The maximum absolute atomic E-state index is 5.39. The smallest absolute Gasteiger partial charge is 0.161 e. The van der Waals surface area contributed by atoms with Crippen molar-refractivity contribution in [1.82, 2.24) is 24.9 Å². The number of aromatic nitrogens is 4. The van der Waals surface area contributed by atoms with Crippen LogP contribution in [0.1, 0.15) is 30.0 Å². The highest BCUT2D eigenvalue weighted by atomic mass is 16.5. The van der Waals surface area contributed by atoms with E-state index in [1.807, 2.05) is 30.5 Å². The van der Waals surface area contributed by atoms with E-state index in [1.54, 1.807) is 13.3 Å². The highest BCUT2D eigenvalue weighted by molar-refractivity contribution is 5.34. The van der Waals surface area contributed by atoms with Crippen LogP contribution in [0.5, 0.6) is 5.75 Å². The molecule has 0 aromatic carbocycles. The lowest BCUT2D eigenvalue weighted by Gasteiger charge is -2.18. The fraction of sp³-hybridized carbons (Fsp3) is 0.538. The molecule has 104 valence electrons. The van der Waals surface area contributed by atoms with E-state index in [-0.39, 0.29) is 6.04 Å². The van der Waals surface area contributed by atoms with E-state index in [1.165, 1.54) is 0 Å². The number of nitrogens with zero attached hydrogens (tertiary/aromatic N) is 4. The molecule has 0 aliphatic carbocycles. The molecule has 0 aliphatic heterocycles. The summed E-state index contributed by atoms with van der Waals surface area (Å²) in [6.07, 6.45) is 2.66. The molecule has 1 N–H and O–H groups in total. The number of aryl methyl sites for hydroxylation is 3. The molecule has 0 bridgehead atoms. The molecule has 0 aliphatic rings. The number of rotatable bonds is 5. The summed E-state index contributed by atoms with van der Waals surface area (Å²) < 4.78 is 9.13. The fourth-order valence-electron chi connectivity index (χ4n) is 2.32. The van der Waals surface area contributed by atoms with E-state index < -0.39 is 0 Å². The minimum atomic E-state index is 0.000231. The van der Waals surface area contributed by atoms with Gasteiger partial charge < -0.3 is 10.1 Å². The second kappa shape index (κ2) is 5.44. The van der Waals surface area contributed by atoms with Crippen LogP contribution in [0.15, 0.2) is 12.3 Å². The predicted octanol–water partition coefficient (Wildman–Crippen LogP) is 1.03. The second-order valence-corrected chi connectivity index (χ2v) is 4.48. The van der Waals surface area contributed by atoms with E-state index in [0.29, 0.717) is 0 Å². The van der Waals surface area contributed by atoms with Gasteiger partial charge in [-0.25, -0.2) is 0 Å². The molecular formula is C13H21N5O. The first-order valence-electron chi connectivity index (χ1n) is 6.38. The number of hydrogen-bond acceptors (Lipinski definition) is 4. The molecule has 2 rings (SSSR count). The normalized spacial score (nSPS) is 12.7. The summed E-state index contributed by atoms with van der Waals surface area (Å²) in [4.78, 5) is 0. The van der Waals surface area contributed by atoms with Gasteiger partial charge in [0.1, 0.15) is 5.69 Å². The van der Waals surface area contributed by atoms with E-state index in [0.717, 1.165) is 29.3 Å². The molecule has 0 spiro atoms. The third-order valence-electron chi connectivity index (χ3n) is 3.36. The molecule has 6 nitrogen and oxygen atoms in total. The number of hydrogen-bond donors (Lipinski definition) is 1. The molecule has 1 atom stereocenters. The highest BCUT2D eigenvalue weighted by Gasteiger charge is 2.24. The van der Waals surface area contributed by atoms with Crippen molar-refractivity contribution in [3.05, 3.63) is 29.3 Å². The zero-order valence-corrected chi connectivity index (χ0v) is 12.1. The molecule has 0 radical (unpaired) electrons. The Kier molecular flexibility index (Phi) is 3.90. The Hall–Kier alpha value is -1.82. The van der Waals surface area contributed by atoms with Crippen LogP contribution in [0.3, 0.4) is 0 Å². The van der Waals surface area contributed by atoms with Crippen molar-refractivity contribution < 1.29 is 4.74 Å². The first-order chi connectivity index (χ1) is 9.12. The highest BCUT2D eigenvalue weighted by Crippen LogP contribution is 2.29. The topological polar surface area (TPSA) is 56.9 Å². The van der Waals surface area contributed by atoms with Gasteiger partial charge in [0.25, 0.3) is 0 Å². The van der Waals surface area contributed by atoms with Crippen LogP contribution in [-0.4, -0.2) is 33.7 Å². The van der Waals surface area contributed by atoms with E-state index in [4.69, 9.17) is 4.74 Å². The van der Waals surface area contributed by atoms with Crippen LogP contribution in [0.25, 0.3) is 0 Å². The predicted molar refractivity (Wildman–Crippen MR) is 73.2 cm³/mol. The van der Waals surface area contributed by atoms with Crippen LogP contribution < -0.4 is 10.1 Å². The summed E-state index contributed by atoms with van der Waals surface area (Å²) in [6, 6.07) is 2.12. The minimum absolute atomic E-state index is 0.000231. The summed E-state index contributed by atoms with van der Waals surface area (Å²) in [5.74, 6) is 0.779. The van der Waals surface area contributed by atoms with Crippen molar-refractivity contribution in [3.63, 3.8) is 0 Å². The van der Waals surface area contributed by atoms with Crippen molar-refractivity contribution in [2.45, 2.75) is 19.4 Å². The Morgan fingerprint density at radius 1 is 1.37 bits per heavy atom. The van der Waals surface area contributed by atoms with Crippen LogP contribution in [0, 0.1) is 0 Å². The summed E-state index contributed by atoms with van der Waals surface area (Å²) in [6.45, 7) is 2.10. The maximum atomic E-state index is 5.39. The largest absolute Gasteiger partial charge is 0.493 e. The van der Waals surface area contributed by atoms with Crippen LogP contribution in [0.2, 0.25) is 0 Å². The average Bonchev–Trinajstić information content (AvgIpc) is 2.96. The molecule has 2 heterocycles.